The van der Waals surface area contributed by atoms with Crippen molar-refractivity contribution < 1.29 is 4.39 Å². The number of hydrogen-bond donors (Lipinski definition) is 2. The quantitative estimate of drug-likeness (QED) is 0.879. The molecule has 0 bridgehead atoms. The topological polar surface area (TPSA) is 24.1 Å². The van der Waals surface area contributed by atoms with Crippen molar-refractivity contribution in [2.24, 2.45) is 5.92 Å². The van der Waals surface area contributed by atoms with Gasteiger partial charge in [0.1, 0.15) is 5.82 Å². The van der Waals surface area contributed by atoms with Crippen molar-refractivity contribution in [1.82, 2.24) is 10.6 Å². The summed E-state index contributed by atoms with van der Waals surface area (Å²) < 4.78 is 13.4. The molecule has 4 heteroatoms. The molecule has 0 aliphatic carbocycles. The predicted molar refractivity (Wildman–Crippen MR) is 73.4 cm³/mol. The van der Waals surface area contributed by atoms with Crippen molar-refractivity contribution in [3.05, 3.63) is 34.1 Å². The monoisotopic (exact) mass is 270 g/mol. The lowest BCUT2D eigenvalue weighted by Gasteiger charge is -2.23. The summed E-state index contributed by atoms with van der Waals surface area (Å²) in [7, 11) is 0. The Hall–Kier alpha value is -0.640. The Labute approximate surface area is 113 Å². The van der Waals surface area contributed by atoms with Crippen molar-refractivity contribution in [2.45, 2.75) is 26.3 Å². The van der Waals surface area contributed by atoms with E-state index in [2.05, 4.69) is 10.6 Å². The fourth-order valence-corrected chi connectivity index (χ4v) is 2.60. The minimum Gasteiger partial charge on any atom is -0.317 e. The van der Waals surface area contributed by atoms with Gasteiger partial charge in [-0.3, -0.25) is 0 Å². The van der Waals surface area contributed by atoms with Crippen molar-refractivity contribution in [2.75, 3.05) is 19.6 Å². The highest BCUT2D eigenvalue weighted by atomic mass is 35.5. The maximum absolute atomic E-state index is 13.4. The lowest BCUT2D eigenvalue weighted by Crippen LogP contribution is -2.33. The molecule has 1 fully saturated rings. The molecule has 0 radical (unpaired) electrons. The van der Waals surface area contributed by atoms with Crippen LogP contribution in [0.2, 0.25) is 5.02 Å². The minimum absolute atomic E-state index is 0.182. The van der Waals surface area contributed by atoms with E-state index < -0.39 is 0 Å². The van der Waals surface area contributed by atoms with E-state index in [-0.39, 0.29) is 5.82 Å². The predicted octanol–water partition coefficient (Wildman–Crippen LogP) is 2.88. The molecule has 0 unspecified atom stereocenters. The van der Waals surface area contributed by atoms with Crippen LogP contribution in [0.4, 0.5) is 4.39 Å². The van der Waals surface area contributed by atoms with Gasteiger partial charge in [-0.25, -0.2) is 4.39 Å². The summed E-state index contributed by atoms with van der Waals surface area (Å²) in [5, 5.41) is 7.37. The van der Waals surface area contributed by atoms with Crippen LogP contribution in [0.5, 0.6) is 0 Å². The molecule has 1 heterocycles. The Morgan fingerprint density at radius 1 is 1.39 bits per heavy atom. The number of aryl methyl sites for hydroxylation is 1. The average molecular weight is 271 g/mol. The third-order valence-electron chi connectivity index (χ3n) is 3.53. The molecule has 2 nitrogen and oxygen atoms in total. The normalized spacial score (nSPS) is 17.1. The van der Waals surface area contributed by atoms with Crippen LogP contribution in [0.25, 0.3) is 0 Å². The maximum atomic E-state index is 13.4. The van der Waals surface area contributed by atoms with Crippen LogP contribution in [0.15, 0.2) is 12.1 Å². The van der Waals surface area contributed by atoms with Crippen LogP contribution in [0.3, 0.4) is 0 Å². The smallest absolute Gasteiger partial charge is 0.126 e. The van der Waals surface area contributed by atoms with E-state index in [1.165, 1.54) is 18.9 Å². The second kappa shape index (κ2) is 6.50. The van der Waals surface area contributed by atoms with Crippen LogP contribution < -0.4 is 10.6 Å². The number of nitrogens with one attached hydrogen (secondary N) is 2. The zero-order valence-corrected chi connectivity index (χ0v) is 11.5. The fourth-order valence-electron chi connectivity index (χ4n) is 2.32. The molecule has 1 saturated heterocycles. The summed E-state index contributed by atoms with van der Waals surface area (Å²) in [6.07, 6.45) is 2.42. The number of hydrogen-bond acceptors (Lipinski definition) is 2. The van der Waals surface area contributed by atoms with Gasteiger partial charge in [0.15, 0.2) is 0 Å². The van der Waals surface area contributed by atoms with Gasteiger partial charge in [-0.15, -0.1) is 0 Å². The maximum Gasteiger partial charge on any atom is 0.126 e. The van der Waals surface area contributed by atoms with Crippen LogP contribution in [-0.4, -0.2) is 19.6 Å². The van der Waals surface area contributed by atoms with E-state index in [4.69, 9.17) is 11.6 Å². The molecular formula is C14H20ClFN2. The molecule has 2 rings (SSSR count). The second-order valence-electron chi connectivity index (χ2n) is 5.02. The first kappa shape index (κ1) is 13.8. The van der Waals surface area contributed by atoms with Gasteiger partial charge in [0.25, 0.3) is 0 Å². The van der Waals surface area contributed by atoms with E-state index in [1.54, 1.807) is 13.0 Å². The molecule has 1 aromatic carbocycles. The Morgan fingerprint density at radius 2 is 2.11 bits per heavy atom. The molecule has 18 heavy (non-hydrogen) atoms. The third-order valence-corrected chi connectivity index (χ3v) is 3.89. The van der Waals surface area contributed by atoms with Gasteiger partial charge in [-0.2, -0.15) is 0 Å². The summed E-state index contributed by atoms with van der Waals surface area (Å²) in [4.78, 5) is 0. The van der Waals surface area contributed by atoms with Crippen LogP contribution in [0, 0.1) is 18.7 Å². The number of rotatable bonds is 4. The molecule has 0 spiro atoms. The molecule has 0 saturated carbocycles. The minimum atomic E-state index is -0.182. The van der Waals surface area contributed by atoms with Gasteiger partial charge in [-0.05, 0) is 68.6 Å². The molecule has 1 aliphatic rings. The Morgan fingerprint density at radius 3 is 2.83 bits per heavy atom. The average Bonchev–Trinajstić information content (AvgIpc) is 2.37. The first-order valence-corrected chi connectivity index (χ1v) is 6.90. The Kier molecular flexibility index (Phi) is 4.98. The van der Waals surface area contributed by atoms with Gasteiger partial charge in [0, 0.05) is 11.6 Å². The zero-order chi connectivity index (χ0) is 13.0. The number of piperidine rings is 1. The van der Waals surface area contributed by atoms with Gasteiger partial charge >= 0.3 is 0 Å². The molecule has 1 aromatic rings. The van der Waals surface area contributed by atoms with Gasteiger partial charge in [0.05, 0.1) is 0 Å². The van der Waals surface area contributed by atoms with E-state index in [0.29, 0.717) is 17.1 Å². The van der Waals surface area contributed by atoms with Crippen molar-refractivity contribution in [3.8, 4) is 0 Å². The molecule has 1 aliphatic heterocycles. The zero-order valence-electron chi connectivity index (χ0n) is 10.7. The third kappa shape index (κ3) is 3.67. The SMILES string of the molecule is Cc1cc(Cl)c(CNCC2CCNCC2)cc1F. The van der Waals surface area contributed by atoms with Crippen molar-refractivity contribution in [1.29, 1.82) is 0 Å². The number of halogens is 2. The molecule has 100 valence electrons. The summed E-state index contributed by atoms with van der Waals surface area (Å²) >= 11 is 6.11. The summed E-state index contributed by atoms with van der Waals surface area (Å²) in [5.41, 5.74) is 1.44. The highest BCUT2D eigenvalue weighted by molar-refractivity contribution is 6.31. The largest absolute Gasteiger partial charge is 0.317 e. The van der Waals surface area contributed by atoms with Gasteiger partial charge in [0.2, 0.25) is 0 Å². The molecule has 0 amide bonds. The highest BCUT2D eigenvalue weighted by Crippen LogP contribution is 2.20. The van der Waals surface area contributed by atoms with Crippen LogP contribution in [0.1, 0.15) is 24.0 Å². The standard InChI is InChI=1S/C14H20ClFN2/c1-10-6-13(15)12(7-14(10)16)9-18-8-11-2-4-17-5-3-11/h6-7,11,17-18H,2-5,8-9H2,1H3. The second-order valence-corrected chi connectivity index (χ2v) is 5.42. The summed E-state index contributed by atoms with van der Waals surface area (Å²) in [6.45, 7) is 5.56. The lowest BCUT2D eigenvalue weighted by atomic mass is 9.98. The van der Waals surface area contributed by atoms with E-state index in [9.17, 15) is 4.39 Å². The Bertz CT molecular complexity index is 403. The van der Waals surface area contributed by atoms with Crippen LogP contribution >= 0.6 is 11.6 Å². The first-order valence-electron chi connectivity index (χ1n) is 6.53. The first-order chi connectivity index (χ1) is 8.66. The van der Waals surface area contributed by atoms with Crippen molar-refractivity contribution >= 4 is 11.6 Å². The van der Waals surface area contributed by atoms with Gasteiger partial charge < -0.3 is 10.6 Å². The van der Waals surface area contributed by atoms with Crippen molar-refractivity contribution in [3.63, 3.8) is 0 Å². The summed E-state index contributed by atoms with van der Waals surface area (Å²) in [6, 6.07) is 3.23. The summed E-state index contributed by atoms with van der Waals surface area (Å²) in [5.74, 6) is 0.540. The number of benzene rings is 1. The highest BCUT2D eigenvalue weighted by Gasteiger charge is 2.12. The van der Waals surface area contributed by atoms with E-state index >= 15 is 0 Å². The molecule has 0 aromatic heterocycles. The fraction of sp³-hybridized carbons (Fsp3) is 0.571. The molecule has 0 atom stereocenters. The van der Waals surface area contributed by atoms with Crippen LogP contribution in [-0.2, 0) is 6.54 Å². The molecule has 2 N–H and O–H groups in total. The van der Waals surface area contributed by atoms with Gasteiger partial charge in [-0.1, -0.05) is 11.6 Å². The van der Waals surface area contributed by atoms with E-state index in [1.807, 2.05) is 0 Å². The molecular weight excluding hydrogens is 251 g/mol. The van der Waals surface area contributed by atoms with E-state index in [0.717, 1.165) is 31.1 Å². The lowest BCUT2D eigenvalue weighted by molar-refractivity contribution is 0.356. The Balaban J connectivity index is 1.84.